The topological polar surface area (TPSA) is 86.8 Å². The third-order valence-electron chi connectivity index (χ3n) is 3.52. The SMILES string of the molecule is C[C@@H](NC(=O)COC(=O)c1ccncc1)c1ccc2c(c1)OCO2. The molecule has 0 unspecified atom stereocenters. The van der Waals surface area contributed by atoms with Crippen LogP contribution in [0.4, 0.5) is 0 Å². The Morgan fingerprint density at radius 1 is 1.21 bits per heavy atom. The molecule has 7 heteroatoms. The fourth-order valence-corrected chi connectivity index (χ4v) is 2.25. The van der Waals surface area contributed by atoms with Gasteiger partial charge in [-0.1, -0.05) is 6.07 Å². The fourth-order valence-electron chi connectivity index (χ4n) is 2.25. The van der Waals surface area contributed by atoms with E-state index in [0.29, 0.717) is 17.1 Å². The van der Waals surface area contributed by atoms with Crippen molar-refractivity contribution in [1.29, 1.82) is 0 Å². The quantitative estimate of drug-likeness (QED) is 0.843. The predicted molar refractivity (Wildman–Crippen MR) is 83.6 cm³/mol. The van der Waals surface area contributed by atoms with Gasteiger partial charge in [0, 0.05) is 12.4 Å². The number of rotatable bonds is 5. The molecule has 0 bridgehead atoms. The molecule has 1 aromatic carbocycles. The molecule has 2 aromatic rings. The van der Waals surface area contributed by atoms with Crippen molar-refractivity contribution in [2.75, 3.05) is 13.4 Å². The second kappa shape index (κ2) is 6.99. The smallest absolute Gasteiger partial charge is 0.338 e. The summed E-state index contributed by atoms with van der Waals surface area (Å²) < 4.78 is 15.5. The van der Waals surface area contributed by atoms with Crippen LogP contribution in [0.15, 0.2) is 42.7 Å². The van der Waals surface area contributed by atoms with Gasteiger partial charge in [-0.3, -0.25) is 9.78 Å². The molecular weight excluding hydrogens is 312 g/mol. The van der Waals surface area contributed by atoms with Crippen molar-refractivity contribution in [3.63, 3.8) is 0 Å². The molecule has 1 amide bonds. The Kier molecular flexibility index (Phi) is 4.60. The lowest BCUT2D eigenvalue weighted by molar-refractivity contribution is -0.124. The molecule has 0 radical (unpaired) electrons. The lowest BCUT2D eigenvalue weighted by atomic mass is 10.1. The average Bonchev–Trinajstić information content (AvgIpc) is 3.08. The van der Waals surface area contributed by atoms with Gasteiger partial charge in [-0.25, -0.2) is 4.79 Å². The summed E-state index contributed by atoms with van der Waals surface area (Å²) in [7, 11) is 0. The average molecular weight is 328 g/mol. The lowest BCUT2D eigenvalue weighted by Gasteiger charge is -2.15. The van der Waals surface area contributed by atoms with Crippen LogP contribution in [0.2, 0.25) is 0 Å². The van der Waals surface area contributed by atoms with E-state index in [1.165, 1.54) is 24.5 Å². The number of pyridine rings is 1. The van der Waals surface area contributed by atoms with Gasteiger partial charge in [0.05, 0.1) is 11.6 Å². The van der Waals surface area contributed by atoms with Crippen LogP contribution in [0.1, 0.15) is 28.9 Å². The zero-order chi connectivity index (χ0) is 16.9. The van der Waals surface area contributed by atoms with Crippen LogP contribution in [-0.4, -0.2) is 30.3 Å². The first kappa shape index (κ1) is 15.8. The Bertz CT molecular complexity index is 748. The molecule has 1 aliphatic rings. The molecule has 124 valence electrons. The van der Waals surface area contributed by atoms with Crippen molar-refractivity contribution in [1.82, 2.24) is 10.3 Å². The highest BCUT2D eigenvalue weighted by Gasteiger charge is 2.17. The van der Waals surface area contributed by atoms with Crippen molar-refractivity contribution in [2.24, 2.45) is 0 Å². The molecule has 1 atom stereocenters. The summed E-state index contributed by atoms with van der Waals surface area (Å²) in [6.07, 6.45) is 2.97. The van der Waals surface area contributed by atoms with Crippen LogP contribution in [-0.2, 0) is 9.53 Å². The number of amides is 1. The third-order valence-corrected chi connectivity index (χ3v) is 3.52. The van der Waals surface area contributed by atoms with E-state index >= 15 is 0 Å². The molecule has 0 saturated heterocycles. The number of nitrogens with zero attached hydrogens (tertiary/aromatic N) is 1. The maximum Gasteiger partial charge on any atom is 0.338 e. The molecule has 7 nitrogen and oxygen atoms in total. The molecule has 1 N–H and O–H groups in total. The molecular formula is C17H16N2O5. The first-order chi connectivity index (χ1) is 11.6. The standard InChI is InChI=1S/C17H16N2O5/c1-11(13-2-3-14-15(8-13)24-10-23-14)19-16(20)9-22-17(21)12-4-6-18-7-5-12/h2-8,11H,9-10H2,1H3,(H,19,20)/t11-/m1/s1. The van der Waals surface area contributed by atoms with Gasteiger partial charge in [0.2, 0.25) is 6.79 Å². The number of ether oxygens (including phenoxy) is 3. The van der Waals surface area contributed by atoms with Crippen molar-refractivity contribution in [2.45, 2.75) is 13.0 Å². The van der Waals surface area contributed by atoms with Crippen LogP contribution in [0.25, 0.3) is 0 Å². The molecule has 1 aliphatic heterocycles. The second-order valence-corrected chi connectivity index (χ2v) is 5.21. The van der Waals surface area contributed by atoms with E-state index in [1.54, 1.807) is 6.07 Å². The highest BCUT2D eigenvalue weighted by Crippen LogP contribution is 2.34. The fraction of sp³-hybridized carbons (Fsp3) is 0.235. The number of nitrogens with one attached hydrogen (secondary N) is 1. The van der Waals surface area contributed by atoms with Gasteiger partial charge in [0.15, 0.2) is 18.1 Å². The maximum absolute atomic E-state index is 11.9. The zero-order valence-corrected chi connectivity index (χ0v) is 13.0. The molecule has 0 spiro atoms. The second-order valence-electron chi connectivity index (χ2n) is 5.21. The third kappa shape index (κ3) is 3.62. The highest BCUT2D eigenvalue weighted by molar-refractivity contribution is 5.91. The number of fused-ring (bicyclic) bond motifs is 1. The van der Waals surface area contributed by atoms with E-state index in [0.717, 1.165) is 5.56 Å². The van der Waals surface area contributed by atoms with Crippen molar-refractivity contribution < 1.29 is 23.8 Å². The summed E-state index contributed by atoms with van der Waals surface area (Å²) in [6, 6.07) is 8.25. The normalized spacial score (nSPS) is 13.2. The summed E-state index contributed by atoms with van der Waals surface area (Å²) in [5.74, 6) is 0.382. The summed E-state index contributed by atoms with van der Waals surface area (Å²) in [4.78, 5) is 27.5. The molecule has 0 saturated carbocycles. The van der Waals surface area contributed by atoms with Gasteiger partial charge in [-0.2, -0.15) is 0 Å². The Labute approximate surface area is 138 Å². The lowest BCUT2D eigenvalue weighted by Crippen LogP contribution is -2.31. The number of carbonyl (C=O) groups is 2. The van der Waals surface area contributed by atoms with E-state index < -0.39 is 5.97 Å². The molecule has 24 heavy (non-hydrogen) atoms. The molecule has 2 heterocycles. The van der Waals surface area contributed by atoms with Crippen LogP contribution in [0, 0.1) is 0 Å². The number of carbonyl (C=O) groups excluding carboxylic acids is 2. The van der Waals surface area contributed by atoms with Crippen molar-refractivity contribution in [3.8, 4) is 11.5 Å². The van der Waals surface area contributed by atoms with Gasteiger partial charge >= 0.3 is 5.97 Å². The van der Waals surface area contributed by atoms with Gasteiger partial charge < -0.3 is 19.5 Å². The number of esters is 1. The number of hydrogen-bond acceptors (Lipinski definition) is 6. The van der Waals surface area contributed by atoms with Gasteiger partial charge in [-0.05, 0) is 36.8 Å². The van der Waals surface area contributed by atoms with Crippen LogP contribution in [0.3, 0.4) is 0 Å². The maximum atomic E-state index is 11.9. The minimum absolute atomic E-state index is 0.199. The molecule has 1 aromatic heterocycles. The summed E-state index contributed by atoms with van der Waals surface area (Å²) in [5.41, 5.74) is 1.22. The minimum Gasteiger partial charge on any atom is -0.454 e. The number of aromatic nitrogens is 1. The van der Waals surface area contributed by atoms with E-state index in [9.17, 15) is 9.59 Å². The first-order valence-electron chi connectivity index (χ1n) is 7.39. The van der Waals surface area contributed by atoms with Crippen LogP contribution in [0.5, 0.6) is 11.5 Å². The minimum atomic E-state index is -0.566. The number of hydrogen-bond donors (Lipinski definition) is 1. The summed E-state index contributed by atoms with van der Waals surface area (Å²) in [6.45, 7) is 1.68. The predicted octanol–water partition coefficient (Wildman–Crippen LogP) is 1.84. The Hall–Kier alpha value is -3.09. The summed E-state index contributed by atoms with van der Waals surface area (Å²) >= 11 is 0. The Balaban J connectivity index is 1.52. The summed E-state index contributed by atoms with van der Waals surface area (Å²) in [5, 5.41) is 2.77. The van der Waals surface area contributed by atoms with E-state index in [1.807, 2.05) is 19.1 Å². The van der Waals surface area contributed by atoms with Crippen LogP contribution < -0.4 is 14.8 Å². The van der Waals surface area contributed by atoms with Crippen molar-refractivity contribution in [3.05, 3.63) is 53.9 Å². The number of benzene rings is 1. The van der Waals surface area contributed by atoms with E-state index in [4.69, 9.17) is 14.2 Å². The highest BCUT2D eigenvalue weighted by atomic mass is 16.7. The van der Waals surface area contributed by atoms with Crippen LogP contribution >= 0.6 is 0 Å². The van der Waals surface area contributed by atoms with E-state index in [2.05, 4.69) is 10.3 Å². The van der Waals surface area contributed by atoms with Gasteiger partial charge in [0.25, 0.3) is 5.91 Å². The Morgan fingerprint density at radius 3 is 2.75 bits per heavy atom. The first-order valence-corrected chi connectivity index (χ1v) is 7.39. The monoisotopic (exact) mass is 328 g/mol. The zero-order valence-electron chi connectivity index (χ0n) is 13.0. The van der Waals surface area contributed by atoms with Crippen molar-refractivity contribution >= 4 is 11.9 Å². The van der Waals surface area contributed by atoms with Gasteiger partial charge in [-0.15, -0.1) is 0 Å². The van der Waals surface area contributed by atoms with Gasteiger partial charge in [0.1, 0.15) is 0 Å². The molecule has 0 aliphatic carbocycles. The van der Waals surface area contributed by atoms with E-state index in [-0.39, 0.29) is 25.3 Å². The molecule has 0 fully saturated rings. The Morgan fingerprint density at radius 2 is 1.96 bits per heavy atom. The molecule has 3 rings (SSSR count). The largest absolute Gasteiger partial charge is 0.454 e.